The molecule has 138 valence electrons. The standard InChI is InChI=1S/C20H25FN4O/c21-17-5-3-16(4-6-17)20(26)8-13-24(14-9-20)15-18-7-10-22-19(23-18)25-11-1-2-12-25/h3-7,10,26H,1-2,8-9,11-15H2. The van der Waals surface area contributed by atoms with Gasteiger partial charge in [-0.25, -0.2) is 14.4 Å². The third kappa shape index (κ3) is 3.71. The second kappa shape index (κ2) is 7.29. The summed E-state index contributed by atoms with van der Waals surface area (Å²) in [5.41, 5.74) is 0.961. The van der Waals surface area contributed by atoms with Crippen molar-refractivity contribution in [3.63, 3.8) is 0 Å². The van der Waals surface area contributed by atoms with Crippen LogP contribution in [0.4, 0.5) is 10.3 Å². The van der Waals surface area contributed by atoms with Gasteiger partial charge in [0, 0.05) is 38.9 Å². The number of aromatic nitrogens is 2. The monoisotopic (exact) mass is 356 g/mol. The molecule has 2 saturated heterocycles. The summed E-state index contributed by atoms with van der Waals surface area (Å²) in [5, 5.41) is 10.9. The SMILES string of the molecule is OC1(c2ccc(F)cc2)CCN(Cc2ccnc(N3CCCC3)n2)CC1. The van der Waals surface area contributed by atoms with E-state index in [0.29, 0.717) is 12.8 Å². The molecule has 2 fully saturated rings. The second-order valence-electron chi connectivity index (χ2n) is 7.36. The first-order chi connectivity index (χ1) is 12.6. The van der Waals surface area contributed by atoms with Gasteiger partial charge in [0.15, 0.2) is 0 Å². The summed E-state index contributed by atoms with van der Waals surface area (Å²) < 4.78 is 13.1. The Bertz CT molecular complexity index is 738. The number of nitrogens with zero attached hydrogens (tertiary/aromatic N) is 4. The maximum atomic E-state index is 13.1. The van der Waals surface area contributed by atoms with E-state index in [-0.39, 0.29) is 5.82 Å². The summed E-state index contributed by atoms with van der Waals surface area (Å²) in [4.78, 5) is 13.7. The van der Waals surface area contributed by atoms with Gasteiger partial charge in [-0.1, -0.05) is 12.1 Å². The summed E-state index contributed by atoms with van der Waals surface area (Å²) in [6.45, 7) is 4.42. The predicted molar refractivity (Wildman–Crippen MR) is 98.3 cm³/mol. The maximum absolute atomic E-state index is 13.1. The van der Waals surface area contributed by atoms with E-state index in [9.17, 15) is 9.50 Å². The van der Waals surface area contributed by atoms with E-state index < -0.39 is 5.60 Å². The fraction of sp³-hybridized carbons (Fsp3) is 0.500. The van der Waals surface area contributed by atoms with Gasteiger partial charge in [-0.15, -0.1) is 0 Å². The van der Waals surface area contributed by atoms with Crippen LogP contribution in [0.25, 0.3) is 0 Å². The normalized spacial score (nSPS) is 20.5. The third-order valence-electron chi connectivity index (χ3n) is 5.54. The van der Waals surface area contributed by atoms with Crippen molar-refractivity contribution in [1.29, 1.82) is 0 Å². The van der Waals surface area contributed by atoms with Crippen molar-refractivity contribution in [2.24, 2.45) is 0 Å². The molecule has 0 atom stereocenters. The molecule has 3 heterocycles. The molecule has 1 aromatic heterocycles. The molecule has 0 aliphatic carbocycles. The van der Waals surface area contributed by atoms with Gasteiger partial charge in [0.05, 0.1) is 11.3 Å². The average molecular weight is 356 g/mol. The molecule has 0 bridgehead atoms. The molecule has 1 aromatic carbocycles. The van der Waals surface area contributed by atoms with Crippen LogP contribution in [-0.2, 0) is 12.1 Å². The number of aliphatic hydroxyl groups is 1. The first-order valence-electron chi connectivity index (χ1n) is 9.40. The lowest BCUT2D eigenvalue weighted by molar-refractivity contribution is -0.0280. The number of piperidine rings is 1. The Labute approximate surface area is 153 Å². The maximum Gasteiger partial charge on any atom is 0.225 e. The van der Waals surface area contributed by atoms with Crippen LogP contribution in [0.5, 0.6) is 0 Å². The van der Waals surface area contributed by atoms with Gasteiger partial charge < -0.3 is 10.0 Å². The van der Waals surface area contributed by atoms with Crippen molar-refractivity contribution in [3.8, 4) is 0 Å². The fourth-order valence-electron chi connectivity index (χ4n) is 3.90. The summed E-state index contributed by atoms with van der Waals surface area (Å²) in [5.74, 6) is 0.562. The van der Waals surface area contributed by atoms with Crippen molar-refractivity contribution in [2.75, 3.05) is 31.1 Å². The molecule has 0 saturated carbocycles. The van der Waals surface area contributed by atoms with Crippen molar-refractivity contribution >= 4 is 5.95 Å². The fourth-order valence-corrected chi connectivity index (χ4v) is 3.90. The van der Waals surface area contributed by atoms with Crippen LogP contribution in [0, 0.1) is 5.82 Å². The number of anilines is 1. The number of rotatable bonds is 4. The van der Waals surface area contributed by atoms with Crippen molar-refractivity contribution < 1.29 is 9.50 Å². The van der Waals surface area contributed by atoms with E-state index in [1.807, 2.05) is 12.3 Å². The van der Waals surface area contributed by atoms with E-state index >= 15 is 0 Å². The molecule has 26 heavy (non-hydrogen) atoms. The van der Waals surface area contributed by atoms with Crippen LogP contribution in [0.3, 0.4) is 0 Å². The summed E-state index contributed by atoms with van der Waals surface area (Å²) in [7, 11) is 0. The largest absolute Gasteiger partial charge is 0.385 e. The molecule has 0 unspecified atom stereocenters. The highest BCUT2D eigenvalue weighted by molar-refractivity contribution is 5.31. The van der Waals surface area contributed by atoms with Gasteiger partial charge in [0.2, 0.25) is 5.95 Å². The summed E-state index contributed by atoms with van der Waals surface area (Å²) >= 11 is 0. The molecule has 0 amide bonds. The summed E-state index contributed by atoms with van der Waals surface area (Å²) in [6.07, 6.45) is 5.55. The molecule has 6 heteroatoms. The van der Waals surface area contributed by atoms with Crippen LogP contribution in [0.1, 0.15) is 36.9 Å². The Balaban J connectivity index is 1.38. The molecule has 2 aromatic rings. The Hall–Kier alpha value is -2.05. The topological polar surface area (TPSA) is 52.5 Å². The van der Waals surface area contributed by atoms with Crippen LogP contribution >= 0.6 is 0 Å². The van der Waals surface area contributed by atoms with Crippen LogP contribution in [0.2, 0.25) is 0 Å². The van der Waals surface area contributed by atoms with Crippen LogP contribution in [-0.4, -0.2) is 46.2 Å². The first-order valence-corrected chi connectivity index (χ1v) is 9.40. The van der Waals surface area contributed by atoms with E-state index in [0.717, 1.165) is 49.9 Å². The molecule has 1 N–H and O–H groups in total. The quantitative estimate of drug-likeness (QED) is 0.913. The first kappa shape index (κ1) is 17.4. The summed E-state index contributed by atoms with van der Waals surface area (Å²) in [6, 6.07) is 8.19. The molecule has 4 rings (SSSR count). The highest BCUT2D eigenvalue weighted by atomic mass is 19.1. The smallest absolute Gasteiger partial charge is 0.225 e. The van der Waals surface area contributed by atoms with Crippen LogP contribution < -0.4 is 4.90 Å². The molecule has 2 aliphatic rings. The minimum absolute atomic E-state index is 0.271. The van der Waals surface area contributed by atoms with Gasteiger partial charge in [-0.05, 0) is 49.4 Å². The van der Waals surface area contributed by atoms with E-state index in [4.69, 9.17) is 4.98 Å². The number of likely N-dealkylation sites (tertiary alicyclic amines) is 1. The van der Waals surface area contributed by atoms with Crippen molar-refractivity contribution in [3.05, 3.63) is 53.6 Å². The molecule has 5 nitrogen and oxygen atoms in total. The zero-order valence-electron chi connectivity index (χ0n) is 14.9. The average Bonchev–Trinajstić information content (AvgIpc) is 3.19. The van der Waals surface area contributed by atoms with Gasteiger partial charge in [-0.2, -0.15) is 0 Å². The lowest BCUT2D eigenvalue weighted by Crippen LogP contribution is -2.42. The predicted octanol–water partition coefficient (Wildman–Crippen LogP) is 2.70. The van der Waals surface area contributed by atoms with Gasteiger partial charge >= 0.3 is 0 Å². The van der Waals surface area contributed by atoms with E-state index in [1.54, 1.807) is 12.1 Å². The number of halogens is 1. The Kier molecular flexibility index (Phi) is 4.87. The Morgan fingerprint density at radius 2 is 1.69 bits per heavy atom. The second-order valence-corrected chi connectivity index (χ2v) is 7.36. The minimum Gasteiger partial charge on any atom is -0.385 e. The molecular formula is C20H25FN4O. The number of benzene rings is 1. The van der Waals surface area contributed by atoms with Crippen LogP contribution in [0.15, 0.2) is 36.5 Å². The zero-order valence-corrected chi connectivity index (χ0v) is 14.9. The van der Waals surface area contributed by atoms with Gasteiger partial charge in [0.25, 0.3) is 0 Å². The number of hydrogen-bond acceptors (Lipinski definition) is 5. The Morgan fingerprint density at radius 1 is 1.00 bits per heavy atom. The van der Waals surface area contributed by atoms with Crippen molar-refractivity contribution in [2.45, 2.75) is 37.8 Å². The van der Waals surface area contributed by atoms with E-state index in [2.05, 4.69) is 14.8 Å². The zero-order chi connectivity index (χ0) is 18.0. The van der Waals surface area contributed by atoms with Gasteiger partial charge in [-0.3, -0.25) is 4.90 Å². The van der Waals surface area contributed by atoms with E-state index in [1.165, 1.54) is 25.0 Å². The highest BCUT2D eigenvalue weighted by Crippen LogP contribution is 2.33. The molecule has 2 aliphatic heterocycles. The number of hydrogen-bond donors (Lipinski definition) is 1. The van der Waals surface area contributed by atoms with Gasteiger partial charge in [0.1, 0.15) is 5.82 Å². The highest BCUT2D eigenvalue weighted by Gasteiger charge is 2.34. The molecule has 0 radical (unpaired) electrons. The lowest BCUT2D eigenvalue weighted by atomic mass is 9.84. The Morgan fingerprint density at radius 3 is 2.38 bits per heavy atom. The van der Waals surface area contributed by atoms with Crippen molar-refractivity contribution in [1.82, 2.24) is 14.9 Å². The minimum atomic E-state index is -0.865. The molecular weight excluding hydrogens is 331 g/mol. The lowest BCUT2D eigenvalue weighted by Gasteiger charge is -2.38. The molecule has 0 spiro atoms. The third-order valence-corrected chi connectivity index (χ3v) is 5.54.